The first-order chi connectivity index (χ1) is 18.5. The molecule has 1 amide bonds. The van der Waals surface area contributed by atoms with Crippen molar-refractivity contribution in [3.05, 3.63) is 83.4 Å². The van der Waals surface area contributed by atoms with Gasteiger partial charge in [0.1, 0.15) is 5.65 Å². The summed E-state index contributed by atoms with van der Waals surface area (Å²) in [4.78, 5) is 34.9. The molecule has 4 aromatic rings. The number of methoxy groups -OCH3 is 1. The Morgan fingerprint density at radius 3 is 2.68 bits per heavy atom. The van der Waals surface area contributed by atoms with E-state index in [0.717, 1.165) is 31.0 Å². The minimum Gasteiger partial charge on any atom is -0.464 e. The summed E-state index contributed by atoms with van der Waals surface area (Å²) < 4.78 is 34.6. The van der Waals surface area contributed by atoms with E-state index in [2.05, 4.69) is 20.6 Å². The van der Waals surface area contributed by atoms with Gasteiger partial charge in [0.2, 0.25) is 5.91 Å². The Hall–Kier alpha value is -4.34. The highest BCUT2D eigenvalue weighted by Crippen LogP contribution is 2.35. The Balaban J connectivity index is 1.54. The van der Waals surface area contributed by atoms with Crippen LogP contribution in [0.5, 0.6) is 0 Å². The summed E-state index contributed by atoms with van der Waals surface area (Å²) >= 11 is 0. The Morgan fingerprint density at radius 2 is 1.97 bits per heavy atom. The van der Waals surface area contributed by atoms with Gasteiger partial charge in [-0.2, -0.15) is 0 Å². The van der Waals surface area contributed by atoms with Crippen LogP contribution in [0, 0.1) is 17.6 Å². The van der Waals surface area contributed by atoms with Crippen LogP contribution in [0.25, 0.3) is 11.0 Å². The number of nitrogens with zero attached hydrogens (tertiary/aromatic N) is 3. The lowest BCUT2D eigenvalue weighted by molar-refractivity contribution is -0.122. The number of nitrogens with one attached hydrogen (secondary N) is 2. The van der Waals surface area contributed by atoms with Crippen LogP contribution in [0.15, 0.2) is 54.9 Å². The molecule has 1 aliphatic carbocycles. The van der Waals surface area contributed by atoms with E-state index in [0.29, 0.717) is 35.4 Å². The minimum atomic E-state index is -0.924. The summed E-state index contributed by atoms with van der Waals surface area (Å²) in [5.41, 5.74) is 2.49. The van der Waals surface area contributed by atoms with E-state index in [4.69, 9.17) is 4.74 Å². The third kappa shape index (κ3) is 5.06. The number of hydrogen-bond acceptors (Lipinski definition) is 6. The van der Waals surface area contributed by atoms with Gasteiger partial charge in [0.05, 0.1) is 24.7 Å². The number of fused-ring (bicyclic) bond motifs is 1. The largest absolute Gasteiger partial charge is 0.464 e. The van der Waals surface area contributed by atoms with Crippen molar-refractivity contribution in [2.45, 2.75) is 38.8 Å². The predicted molar refractivity (Wildman–Crippen MR) is 139 cm³/mol. The molecule has 8 nitrogen and oxygen atoms in total. The molecule has 1 aliphatic rings. The molecule has 196 valence electrons. The van der Waals surface area contributed by atoms with Gasteiger partial charge in [0, 0.05) is 48.3 Å². The van der Waals surface area contributed by atoms with Gasteiger partial charge >= 0.3 is 5.97 Å². The van der Waals surface area contributed by atoms with Crippen molar-refractivity contribution < 1.29 is 23.1 Å². The average molecular weight is 520 g/mol. The van der Waals surface area contributed by atoms with E-state index in [1.807, 2.05) is 18.2 Å². The molecule has 0 spiro atoms. The number of amides is 1. The number of esters is 1. The van der Waals surface area contributed by atoms with E-state index in [1.165, 1.54) is 19.2 Å². The van der Waals surface area contributed by atoms with E-state index >= 15 is 0 Å². The maximum atomic E-state index is 14.2. The van der Waals surface area contributed by atoms with Gasteiger partial charge in [0.15, 0.2) is 17.3 Å². The Morgan fingerprint density at radius 1 is 1.13 bits per heavy atom. The average Bonchev–Trinajstić information content (AvgIpc) is 3.19. The number of carbonyl (C=O) groups is 2. The molecule has 0 bridgehead atoms. The van der Waals surface area contributed by atoms with Crippen LogP contribution in [-0.2, 0) is 29.0 Å². The monoisotopic (exact) mass is 519 g/mol. The molecule has 0 aliphatic heterocycles. The standard InChI is InChI=1S/C28H27F2N5O3/c1-38-28(37)25-24(34-27(36)17-6-4-7-17)21-14-20(32-15-18-8-5-10-22(29)23(18)30)16-33-26(21)35(25)13-11-19-9-2-3-12-31-19/h2-3,5,8-10,12,14,16-17,32H,4,6-7,11,13,15H2,1H3,(H,34,36). The van der Waals surface area contributed by atoms with Crippen LogP contribution in [0.1, 0.15) is 41.0 Å². The molecular formula is C28H27F2N5O3. The Kier molecular flexibility index (Phi) is 7.30. The van der Waals surface area contributed by atoms with Gasteiger partial charge in [-0.3, -0.25) is 9.78 Å². The molecule has 5 rings (SSSR count). The normalized spacial score (nSPS) is 13.2. The quantitative estimate of drug-likeness (QED) is 0.299. The second kappa shape index (κ2) is 11.0. The van der Waals surface area contributed by atoms with Gasteiger partial charge < -0.3 is 19.9 Å². The first-order valence-electron chi connectivity index (χ1n) is 12.4. The zero-order chi connectivity index (χ0) is 26.6. The van der Waals surface area contributed by atoms with E-state index < -0.39 is 17.6 Å². The second-order valence-electron chi connectivity index (χ2n) is 9.22. The SMILES string of the molecule is COC(=O)c1c(NC(=O)C2CCC2)c2cc(NCc3cccc(F)c3F)cnc2n1CCc1ccccn1. The fourth-order valence-corrected chi connectivity index (χ4v) is 4.53. The number of benzene rings is 1. The maximum absolute atomic E-state index is 14.2. The van der Waals surface area contributed by atoms with Crippen LogP contribution < -0.4 is 10.6 Å². The van der Waals surface area contributed by atoms with Gasteiger partial charge in [-0.25, -0.2) is 18.6 Å². The highest BCUT2D eigenvalue weighted by molar-refractivity contribution is 6.11. The molecule has 1 fully saturated rings. The molecule has 1 aromatic carbocycles. The lowest BCUT2D eigenvalue weighted by atomic mass is 9.85. The third-order valence-corrected chi connectivity index (χ3v) is 6.83. The molecule has 0 radical (unpaired) electrons. The summed E-state index contributed by atoms with van der Waals surface area (Å²) in [6, 6.07) is 11.3. The molecule has 38 heavy (non-hydrogen) atoms. The van der Waals surface area contributed by atoms with Crippen molar-refractivity contribution in [1.29, 1.82) is 0 Å². The van der Waals surface area contributed by atoms with E-state index in [1.54, 1.807) is 23.0 Å². The molecule has 10 heteroatoms. The molecule has 0 atom stereocenters. The zero-order valence-electron chi connectivity index (χ0n) is 20.8. The van der Waals surface area contributed by atoms with Crippen molar-refractivity contribution in [2.75, 3.05) is 17.7 Å². The smallest absolute Gasteiger partial charge is 0.356 e. The summed E-state index contributed by atoms with van der Waals surface area (Å²) in [7, 11) is 1.29. The van der Waals surface area contributed by atoms with Gasteiger partial charge in [0.25, 0.3) is 0 Å². The Labute approximate surface area is 218 Å². The molecule has 3 aromatic heterocycles. The number of anilines is 2. The number of halogens is 2. The molecule has 0 saturated heterocycles. The maximum Gasteiger partial charge on any atom is 0.356 e. The first-order valence-corrected chi connectivity index (χ1v) is 12.4. The Bertz CT molecular complexity index is 1490. The van der Waals surface area contributed by atoms with Crippen LogP contribution in [-0.4, -0.2) is 33.5 Å². The highest BCUT2D eigenvalue weighted by atomic mass is 19.2. The minimum absolute atomic E-state index is 0.0186. The van der Waals surface area contributed by atoms with Crippen molar-refractivity contribution in [3.8, 4) is 0 Å². The number of ether oxygens (including phenoxy) is 1. The van der Waals surface area contributed by atoms with Gasteiger partial charge in [-0.1, -0.05) is 24.6 Å². The number of aryl methyl sites for hydroxylation is 2. The van der Waals surface area contributed by atoms with Crippen LogP contribution in [0.3, 0.4) is 0 Å². The predicted octanol–water partition coefficient (Wildman–Crippen LogP) is 5.09. The summed E-state index contributed by atoms with van der Waals surface area (Å²) in [6.45, 7) is 0.385. The topological polar surface area (TPSA) is 98.1 Å². The van der Waals surface area contributed by atoms with E-state index in [-0.39, 0.29) is 29.6 Å². The summed E-state index contributed by atoms with van der Waals surface area (Å²) in [5, 5.41) is 6.54. The fourth-order valence-electron chi connectivity index (χ4n) is 4.53. The second-order valence-corrected chi connectivity index (χ2v) is 9.22. The van der Waals surface area contributed by atoms with Crippen LogP contribution in [0.2, 0.25) is 0 Å². The van der Waals surface area contributed by atoms with E-state index in [9.17, 15) is 18.4 Å². The van der Waals surface area contributed by atoms with Crippen LogP contribution in [0.4, 0.5) is 20.2 Å². The number of pyridine rings is 2. The van der Waals surface area contributed by atoms with Crippen molar-refractivity contribution in [3.63, 3.8) is 0 Å². The molecule has 2 N–H and O–H groups in total. The zero-order valence-corrected chi connectivity index (χ0v) is 20.8. The lowest BCUT2D eigenvalue weighted by Crippen LogP contribution is -2.29. The third-order valence-electron chi connectivity index (χ3n) is 6.83. The molecular weight excluding hydrogens is 492 g/mol. The number of hydrogen-bond donors (Lipinski definition) is 2. The molecule has 0 unspecified atom stereocenters. The van der Waals surface area contributed by atoms with Gasteiger partial charge in [-0.05, 0) is 37.1 Å². The number of rotatable bonds is 9. The first kappa shape index (κ1) is 25.3. The molecule has 3 heterocycles. The fraction of sp³-hybridized carbons (Fsp3) is 0.286. The molecule has 1 saturated carbocycles. The van der Waals surface area contributed by atoms with Crippen LogP contribution >= 0.6 is 0 Å². The lowest BCUT2D eigenvalue weighted by Gasteiger charge is -2.24. The van der Waals surface area contributed by atoms with Crippen molar-refractivity contribution >= 4 is 34.3 Å². The van der Waals surface area contributed by atoms with Crippen molar-refractivity contribution in [2.24, 2.45) is 5.92 Å². The summed E-state index contributed by atoms with van der Waals surface area (Å²) in [5.74, 6) is -2.73. The number of carbonyl (C=O) groups excluding carboxylic acids is 2. The highest BCUT2D eigenvalue weighted by Gasteiger charge is 2.30. The number of aromatic nitrogens is 3. The van der Waals surface area contributed by atoms with Crippen molar-refractivity contribution in [1.82, 2.24) is 14.5 Å². The van der Waals surface area contributed by atoms with Gasteiger partial charge in [-0.15, -0.1) is 0 Å². The summed E-state index contributed by atoms with van der Waals surface area (Å²) in [6.07, 6.45) is 6.34.